The predicted octanol–water partition coefficient (Wildman–Crippen LogP) is 4.33. The molecule has 1 N–H and O–H groups in total. The largest absolute Gasteiger partial charge is 0.482 e. The quantitative estimate of drug-likeness (QED) is 0.565. The molecule has 3 aromatic rings. The zero-order valence-corrected chi connectivity index (χ0v) is 18.5. The Morgan fingerprint density at radius 3 is 2.45 bits per heavy atom. The standard InChI is InChI=1S/C23H25ClN4O3/c1-4-27(5-2)22(29)15-31-21-12-11-17(14-19(21)24)25-23(30)20-13-16(3)28(26-20)18-9-7-6-8-10-18/h6-14H,4-5,15H2,1-3H3,(H,25,30). The van der Waals surface area contributed by atoms with Crippen LogP contribution < -0.4 is 10.1 Å². The van der Waals surface area contributed by atoms with Crippen molar-refractivity contribution in [2.75, 3.05) is 25.0 Å². The van der Waals surface area contributed by atoms with E-state index in [1.165, 1.54) is 0 Å². The molecule has 0 saturated carbocycles. The molecule has 162 valence electrons. The molecule has 2 aromatic carbocycles. The molecule has 0 unspecified atom stereocenters. The minimum atomic E-state index is -0.348. The van der Waals surface area contributed by atoms with Crippen LogP contribution in [0.1, 0.15) is 30.0 Å². The van der Waals surface area contributed by atoms with Crippen molar-refractivity contribution in [3.8, 4) is 11.4 Å². The van der Waals surface area contributed by atoms with E-state index in [-0.39, 0.29) is 18.4 Å². The van der Waals surface area contributed by atoms with E-state index in [0.29, 0.717) is 35.2 Å². The van der Waals surface area contributed by atoms with Gasteiger partial charge in [-0.05, 0) is 57.2 Å². The summed E-state index contributed by atoms with van der Waals surface area (Å²) in [6, 6.07) is 16.2. The molecule has 3 rings (SSSR count). The number of ether oxygens (including phenoxy) is 1. The average molecular weight is 441 g/mol. The fourth-order valence-electron chi connectivity index (χ4n) is 3.11. The van der Waals surface area contributed by atoms with Gasteiger partial charge < -0.3 is 15.0 Å². The fraction of sp³-hybridized carbons (Fsp3) is 0.261. The zero-order valence-electron chi connectivity index (χ0n) is 17.8. The number of likely N-dealkylation sites (N-methyl/N-ethyl adjacent to an activating group) is 1. The molecule has 31 heavy (non-hydrogen) atoms. The molecule has 0 atom stereocenters. The first-order chi connectivity index (χ1) is 14.9. The van der Waals surface area contributed by atoms with Gasteiger partial charge in [-0.2, -0.15) is 5.10 Å². The lowest BCUT2D eigenvalue weighted by molar-refractivity contribution is -0.132. The Morgan fingerprint density at radius 2 is 1.81 bits per heavy atom. The normalized spacial score (nSPS) is 10.6. The number of benzene rings is 2. The first kappa shape index (κ1) is 22.4. The average Bonchev–Trinajstić information content (AvgIpc) is 3.16. The lowest BCUT2D eigenvalue weighted by Gasteiger charge is -2.19. The highest BCUT2D eigenvalue weighted by atomic mass is 35.5. The van der Waals surface area contributed by atoms with Gasteiger partial charge in [0.15, 0.2) is 12.3 Å². The van der Waals surface area contributed by atoms with Crippen LogP contribution in [0, 0.1) is 6.92 Å². The second-order valence-electron chi connectivity index (χ2n) is 6.87. The number of carbonyl (C=O) groups is 2. The Balaban J connectivity index is 1.66. The molecule has 1 heterocycles. The molecule has 2 amide bonds. The van der Waals surface area contributed by atoms with E-state index in [0.717, 1.165) is 11.4 Å². The number of halogens is 1. The van der Waals surface area contributed by atoms with Gasteiger partial charge in [0.25, 0.3) is 11.8 Å². The predicted molar refractivity (Wildman–Crippen MR) is 121 cm³/mol. The van der Waals surface area contributed by atoms with Crippen molar-refractivity contribution < 1.29 is 14.3 Å². The van der Waals surface area contributed by atoms with E-state index in [1.54, 1.807) is 33.8 Å². The van der Waals surface area contributed by atoms with Crippen molar-refractivity contribution in [2.45, 2.75) is 20.8 Å². The summed E-state index contributed by atoms with van der Waals surface area (Å²) in [5, 5.41) is 7.49. The summed E-state index contributed by atoms with van der Waals surface area (Å²) in [6.07, 6.45) is 0. The second-order valence-corrected chi connectivity index (χ2v) is 7.28. The number of anilines is 1. The van der Waals surface area contributed by atoms with Crippen LogP contribution in [0.15, 0.2) is 54.6 Å². The van der Waals surface area contributed by atoms with Crippen LogP contribution in [0.2, 0.25) is 5.02 Å². The maximum Gasteiger partial charge on any atom is 0.276 e. The number of carbonyl (C=O) groups excluding carboxylic acids is 2. The number of amides is 2. The van der Waals surface area contributed by atoms with Crippen LogP contribution in [0.3, 0.4) is 0 Å². The Labute approximate surface area is 186 Å². The Kier molecular flexibility index (Phi) is 7.31. The Bertz CT molecular complexity index is 1060. The third kappa shape index (κ3) is 5.44. The lowest BCUT2D eigenvalue weighted by atomic mass is 10.2. The third-order valence-electron chi connectivity index (χ3n) is 4.78. The van der Waals surface area contributed by atoms with Crippen molar-refractivity contribution >= 4 is 29.1 Å². The van der Waals surface area contributed by atoms with Gasteiger partial charge in [0, 0.05) is 24.5 Å². The SMILES string of the molecule is CCN(CC)C(=O)COc1ccc(NC(=O)c2cc(C)n(-c3ccccc3)n2)cc1Cl. The third-order valence-corrected chi connectivity index (χ3v) is 5.07. The van der Waals surface area contributed by atoms with Crippen molar-refractivity contribution in [3.63, 3.8) is 0 Å². The molecule has 0 aliphatic heterocycles. The summed E-state index contributed by atoms with van der Waals surface area (Å²) in [5.74, 6) is -0.0774. The fourth-order valence-corrected chi connectivity index (χ4v) is 3.35. The van der Waals surface area contributed by atoms with Crippen molar-refractivity contribution in [1.29, 1.82) is 0 Å². The lowest BCUT2D eigenvalue weighted by Crippen LogP contribution is -2.34. The minimum Gasteiger partial charge on any atom is -0.482 e. The maximum atomic E-state index is 12.7. The van der Waals surface area contributed by atoms with E-state index in [2.05, 4.69) is 10.4 Å². The minimum absolute atomic E-state index is 0.0939. The summed E-state index contributed by atoms with van der Waals surface area (Å²) < 4.78 is 7.26. The van der Waals surface area contributed by atoms with Crippen LogP contribution in [0.25, 0.3) is 5.69 Å². The van der Waals surface area contributed by atoms with E-state index in [9.17, 15) is 9.59 Å². The number of nitrogens with zero attached hydrogens (tertiary/aromatic N) is 3. The monoisotopic (exact) mass is 440 g/mol. The summed E-state index contributed by atoms with van der Waals surface area (Å²) in [6.45, 7) is 6.86. The molecule has 0 aliphatic rings. The Hall–Kier alpha value is -3.32. The molecular formula is C23H25ClN4O3. The van der Waals surface area contributed by atoms with Crippen LogP contribution in [0.5, 0.6) is 5.75 Å². The van der Waals surface area contributed by atoms with Gasteiger partial charge in [0.05, 0.1) is 10.7 Å². The molecular weight excluding hydrogens is 416 g/mol. The number of para-hydroxylation sites is 1. The van der Waals surface area contributed by atoms with Gasteiger partial charge in [0.1, 0.15) is 5.75 Å². The number of hydrogen-bond acceptors (Lipinski definition) is 4. The molecule has 1 aromatic heterocycles. The van der Waals surface area contributed by atoms with E-state index < -0.39 is 0 Å². The van der Waals surface area contributed by atoms with Gasteiger partial charge in [0.2, 0.25) is 0 Å². The van der Waals surface area contributed by atoms with Gasteiger partial charge in [-0.25, -0.2) is 4.68 Å². The first-order valence-electron chi connectivity index (χ1n) is 10.1. The summed E-state index contributed by atoms with van der Waals surface area (Å²) in [7, 11) is 0. The smallest absolute Gasteiger partial charge is 0.276 e. The van der Waals surface area contributed by atoms with E-state index in [1.807, 2.05) is 51.1 Å². The maximum absolute atomic E-state index is 12.7. The second kappa shape index (κ2) is 10.1. The van der Waals surface area contributed by atoms with Gasteiger partial charge >= 0.3 is 0 Å². The van der Waals surface area contributed by atoms with Crippen LogP contribution >= 0.6 is 11.6 Å². The van der Waals surface area contributed by atoms with Gasteiger partial charge in [-0.3, -0.25) is 9.59 Å². The van der Waals surface area contributed by atoms with Crippen LogP contribution in [-0.4, -0.2) is 46.2 Å². The van der Waals surface area contributed by atoms with E-state index >= 15 is 0 Å². The van der Waals surface area contributed by atoms with Crippen LogP contribution in [-0.2, 0) is 4.79 Å². The molecule has 0 fully saturated rings. The number of aryl methyl sites for hydroxylation is 1. The van der Waals surface area contributed by atoms with Crippen molar-refractivity contribution in [1.82, 2.24) is 14.7 Å². The first-order valence-corrected chi connectivity index (χ1v) is 10.4. The van der Waals surface area contributed by atoms with Gasteiger partial charge in [-0.15, -0.1) is 0 Å². The molecule has 7 nitrogen and oxygen atoms in total. The highest BCUT2D eigenvalue weighted by Gasteiger charge is 2.15. The molecule has 8 heteroatoms. The summed E-state index contributed by atoms with van der Waals surface area (Å²) >= 11 is 6.28. The number of aromatic nitrogens is 2. The number of nitrogens with one attached hydrogen (secondary N) is 1. The summed E-state index contributed by atoms with van der Waals surface area (Å²) in [5.41, 5.74) is 2.52. The van der Waals surface area contributed by atoms with Crippen molar-refractivity contribution in [2.24, 2.45) is 0 Å². The van der Waals surface area contributed by atoms with Gasteiger partial charge in [-0.1, -0.05) is 29.8 Å². The zero-order chi connectivity index (χ0) is 22.4. The van der Waals surface area contributed by atoms with E-state index in [4.69, 9.17) is 16.3 Å². The molecule has 0 spiro atoms. The number of rotatable bonds is 8. The Morgan fingerprint density at radius 1 is 1.10 bits per heavy atom. The molecule has 0 saturated heterocycles. The highest BCUT2D eigenvalue weighted by molar-refractivity contribution is 6.32. The molecule has 0 bridgehead atoms. The topological polar surface area (TPSA) is 76.5 Å². The summed E-state index contributed by atoms with van der Waals surface area (Å²) in [4.78, 5) is 26.4. The number of hydrogen-bond donors (Lipinski definition) is 1. The van der Waals surface area contributed by atoms with Crippen molar-refractivity contribution in [3.05, 3.63) is 71.0 Å². The molecule has 0 aliphatic carbocycles. The van der Waals surface area contributed by atoms with Crippen LogP contribution in [0.4, 0.5) is 5.69 Å². The molecule has 0 radical (unpaired) electrons. The highest BCUT2D eigenvalue weighted by Crippen LogP contribution is 2.28.